The van der Waals surface area contributed by atoms with Gasteiger partial charge in [0.2, 0.25) is 0 Å². The van der Waals surface area contributed by atoms with Crippen molar-refractivity contribution in [3.8, 4) is 0 Å². The van der Waals surface area contributed by atoms with E-state index in [0.29, 0.717) is 0 Å². The lowest BCUT2D eigenvalue weighted by Gasteiger charge is -2.16. The highest BCUT2D eigenvalue weighted by atomic mass is 19.1. The van der Waals surface area contributed by atoms with Crippen molar-refractivity contribution < 1.29 is 23.5 Å². The molecule has 110 valence electrons. The summed E-state index contributed by atoms with van der Waals surface area (Å²) in [6.07, 6.45) is 1.93. The third kappa shape index (κ3) is 4.79. The van der Waals surface area contributed by atoms with Crippen molar-refractivity contribution in [3.05, 3.63) is 29.6 Å². The largest absolute Gasteiger partial charge is 0.481 e. The van der Waals surface area contributed by atoms with Gasteiger partial charge in [0, 0.05) is 18.5 Å². The molecule has 3 N–H and O–H groups in total. The second-order valence-corrected chi connectivity index (χ2v) is 4.14. The Labute approximate surface area is 114 Å². The Balaban J connectivity index is 2.47. The van der Waals surface area contributed by atoms with Crippen LogP contribution in [0.2, 0.25) is 0 Å². The van der Waals surface area contributed by atoms with E-state index in [1.165, 1.54) is 6.92 Å². The number of halogens is 2. The number of carbonyl (C=O) groups excluding carboxylic acids is 1. The summed E-state index contributed by atoms with van der Waals surface area (Å²) in [6.45, 7) is 1.59. The Bertz CT molecular complexity index is 477. The van der Waals surface area contributed by atoms with Gasteiger partial charge in [0.15, 0.2) is 0 Å². The average molecular weight is 287 g/mol. The first-order chi connectivity index (χ1) is 9.41. The van der Waals surface area contributed by atoms with Gasteiger partial charge < -0.3 is 15.7 Å². The molecule has 0 saturated heterocycles. The number of aliphatic carboxylic acids is 1. The van der Waals surface area contributed by atoms with Crippen LogP contribution in [0, 0.1) is 11.6 Å². The Morgan fingerprint density at radius 1 is 1.35 bits per heavy atom. The molecule has 0 aliphatic heterocycles. The highest BCUT2D eigenvalue weighted by Crippen LogP contribution is 2.18. The zero-order chi connectivity index (χ0) is 15.1. The van der Waals surface area contributed by atoms with Crippen LogP contribution in [0.5, 0.6) is 0 Å². The maximum atomic E-state index is 13.4. The summed E-state index contributed by atoms with van der Waals surface area (Å²) < 4.78 is 26.8. The van der Waals surface area contributed by atoms with Crippen LogP contribution in [0.4, 0.5) is 13.6 Å². The van der Waals surface area contributed by atoms with E-state index in [-0.39, 0.29) is 24.9 Å². The number of urea groups is 1. The van der Waals surface area contributed by atoms with Crippen molar-refractivity contribution >= 4 is 12.0 Å². The molecule has 0 bridgehead atoms. The van der Waals surface area contributed by atoms with Crippen LogP contribution in [0.15, 0.2) is 12.4 Å². The molecule has 0 saturated carbocycles. The quantitative estimate of drug-likeness (QED) is 0.693. The number of carboxylic acid groups (broad SMARTS) is 1. The van der Waals surface area contributed by atoms with E-state index in [1.807, 2.05) is 0 Å². The maximum absolute atomic E-state index is 13.4. The second kappa shape index (κ2) is 7.37. The van der Waals surface area contributed by atoms with Crippen molar-refractivity contribution in [2.75, 3.05) is 6.54 Å². The van der Waals surface area contributed by atoms with Gasteiger partial charge in [-0.05, 0) is 13.3 Å². The SMILES string of the molecule is CC(NC(=O)NCCCC(=O)O)c1c(F)cncc1F. The number of rotatable bonds is 6. The lowest BCUT2D eigenvalue weighted by molar-refractivity contribution is -0.137. The molecule has 1 rings (SSSR count). The number of nitrogens with one attached hydrogen (secondary N) is 2. The predicted molar refractivity (Wildman–Crippen MR) is 66.0 cm³/mol. The highest BCUT2D eigenvalue weighted by molar-refractivity contribution is 5.74. The van der Waals surface area contributed by atoms with Gasteiger partial charge in [0.25, 0.3) is 0 Å². The van der Waals surface area contributed by atoms with Gasteiger partial charge in [0.1, 0.15) is 11.6 Å². The number of nitrogens with zero attached hydrogens (tertiary/aromatic N) is 1. The van der Waals surface area contributed by atoms with Gasteiger partial charge in [-0.2, -0.15) is 0 Å². The van der Waals surface area contributed by atoms with E-state index in [4.69, 9.17) is 5.11 Å². The average Bonchev–Trinajstić information content (AvgIpc) is 2.34. The molecule has 20 heavy (non-hydrogen) atoms. The van der Waals surface area contributed by atoms with Crippen LogP contribution < -0.4 is 10.6 Å². The summed E-state index contributed by atoms with van der Waals surface area (Å²) in [5.41, 5.74) is -0.277. The second-order valence-electron chi connectivity index (χ2n) is 4.14. The van der Waals surface area contributed by atoms with Crippen molar-refractivity contribution in [2.45, 2.75) is 25.8 Å². The molecule has 1 heterocycles. The van der Waals surface area contributed by atoms with Crippen LogP contribution in [-0.4, -0.2) is 28.6 Å². The minimum atomic E-state index is -0.957. The summed E-state index contributed by atoms with van der Waals surface area (Å²) in [6, 6.07) is -1.50. The van der Waals surface area contributed by atoms with E-state index in [2.05, 4.69) is 15.6 Å². The number of carboxylic acids is 1. The van der Waals surface area contributed by atoms with Gasteiger partial charge in [-0.25, -0.2) is 13.6 Å². The van der Waals surface area contributed by atoms with Gasteiger partial charge in [0.05, 0.1) is 18.4 Å². The van der Waals surface area contributed by atoms with E-state index in [0.717, 1.165) is 12.4 Å². The Morgan fingerprint density at radius 3 is 2.50 bits per heavy atom. The number of hydrogen-bond acceptors (Lipinski definition) is 3. The minimum absolute atomic E-state index is 0.0660. The molecule has 0 aliphatic rings. The van der Waals surface area contributed by atoms with E-state index < -0.39 is 29.7 Å². The number of pyridine rings is 1. The summed E-state index contributed by atoms with van der Waals surface area (Å²) >= 11 is 0. The highest BCUT2D eigenvalue weighted by Gasteiger charge is 2.18. The fraction of sp³-hybridized carbons (Fsp3) is 0.417. The van der Waals surface area contributed by atoms with Crippen LogP contribution in [0.1, 0.15) is 31.4 Å². The molecule has 0 spiro atoms. The lowest BCUT2D eigenvalue weighted by atomic mass is 10.1. The van der Waals surface area contributed by atoms with Gasteiger partial charge >= 0.3 is 12.0 Å². The molecule has 1 unspecified atom stereocenters. The Kier molecular flexibility index (Phi) is 5.82. The normalized spacial score (nSPS) is 11.8. The van der Waals surface area contributed by atoms with Crippen LogP contribution >= 0.6 is 0 Å². The molecule has 0 aliphatic carbocycles. The number of amides is 2. The van der Waals surface area contributed by atoms with Gasteiger partial charge in [-0.15, -0.1) is 0 Å². The van der Waals surface area contributed by atoms with E-state index >= 15 is 0 Å². The number of aromatic nitrogens is 1. The Morgan fingerprint density at radius 2 is 1.95 bits per heavy atom. The van der Waals surface area contributed by atoms with Gasteiger partial charge in [-0.1, -0.05) is 0 Å². The third-order valence-electron chi connectivity index (χ3n) is 2.52. The maximum Gasteiger partial charge on any atom is 0.315 e. The van der Waals surface area contributed by atoms with E-state index in [9.17, 15) is 18.4 Å². The molecule has 8 heteroatoms. The summed E-state index contributed by atoms with van der Waals surface area (Å²) in [7, 11) is 0. The molecule has 0 aromatic carbocycles. The zero-order valence-corrected chi connectivity index (χ0v) is 10.8. The predicted octanol–water partition coefficient (Wildman–Crippen LogP) is 1.58. The number of carbonyl (C=O) groups is 2. The monoisotopic (exact) mass is 287 g/mol. The smallest absolute Gasteiger partial charge is 0.315 e. The van der Waals surface area contributed by atoms with Gasteiger partial charge in [-0.3, -0.25) is 9.78 Å². The molecular weight excluding hydrogens is 272 g/mol. The lowest BCUT2D eigenvalue weighted by Crippen LogP contribution is -2.38. The fourth-order valence-electron chi connectivity index (χ4n) is 1.60. The van der Waals surface area contributed by atoms with Crippen molar-refractivity contribution in [1.29, 1.82) is 0 Å². The molecule has 2 amide bonds. The summed E-state index contributed by atoms with van der Waals surface area (Å²) in [5.74, 6) is -2.64. The fourth-order valence-corrected chi connectivity index (χ4v) is 1.60. The molecule has 0 fully saturated rings. The molecule has 6 nitrogen and oxygen atoms in total. The topological polar surface area (TPSA) is 91.3 Å². The zero-order valence-electron chi connectivity index (χ0n) is 10.8. The summed E-state index contributed by atoms with van der Waals surface area (Å²) in [4.78, 5) is 25.1. The van der Waals surface area contributed by atoms with E-state index in [1.54, 1.807) is 0 Å². The molecule has 1 atom stereocenters. The van der Waals surface area contributed by atoms with Crippen molar-refractivity contribution in [1.82, 2.24) is 15.6 Å². The first-order valence-corrected chi connectivity index (χ1v) is 5.97. The Hall–Kier alpha value is -2.25. The van der Waals surface area contributed by atoms with Crippen LogP contribution in [0.25, 0.3) is 0 Å². The summed E-state index contributed by atoms with van der Waals surface area (Å²) in [5, 5.41) is 13.2. The molecule has 1 aromatic heterocycles. The third-order valence-corrected chi connectivity index (χ3v) is 2.52. The standard InChI is InChI=1S/C12H15F2N3O3/c1-7(11-8(13)5-15-6-9(11)14)17-12(20)16-4-2-3-10(18)19/h5-7H,2-4H2,1H3,(H,18,19)(H2,16,17,20). The number of hydrogen-bond donors (Lipinski definition) is 3. The molecule has 0 radical (unpaired) electrons. The minimum Gasteiger partial charge on any atom is -0.481 e. The van der Waals surface area contributed by atoms with Crippen LogP contribution in [0.3, 0.4) is 0 Å². The first-order valence-electron chi connectivity index (χ1n) is 5.97. The van der Waals surface area contributed by atoms with Crippen LogP contribution in [-0.2, 0) is 4.79 Å². The molecular formula is C12H15F2N3O3. The van der Waals surface area contributed by atoms with Crippen molar-refractivity contribution in [2.24, 2.45) is 0 Å². The van der Waals surface area contributed by atoms with Crippen molar-refractivity contribution in [3.63, 3.8) is 0 Å². The molecule has 1 aromatic rings. The first kappa shape index (κ1) is 15.8.